The second-order valence-corrected chi connectivity index (χ2v) is 11.2. The minimum absolute atomic E-state index is 0.0509. The summed E-state index contributed by atoms with van der Waals surface area (Å²) in [6.45, 7) is 5.97. The van der Waals surface area contributed by atoms with Crippen molar-refractivity contribution >= 4 is 11.8 Å². The Labute approximate surface area is 235 Å². The highest BCUT2D eigenvalue weighted by molar-refractivity contribution is 5.97. The maximum Gasteiger partial charge on any atom is 0.251 e. The molecule has 4 heteroatoms. The van der Waals surface area contributed by atoms with Crippen LogP contribution in [0.1, 0.15) is 176 Å². The average molecular weight is 529 g/mol. The van der Waals surface area contributed by atoms with Crippen LogP contribution >= 0.6 is 0 Å². The second kappa shape index (κ2) is 25.4. The first-order valence-corrected chi connectivity index (χ1v) is 16.4. The zero-order chi connectivity index (χ0) is 27.5. The number of carbonyl (C=O) groups excluding carboxylic acids is 2. The molecular weight excluding hydrogens is 468 g/mol. The number of nitrogens with one attached hydrogen (secondary N) is 2. The van der Waals surface area contributed by atoms with Crippen LogP contribution in [0.25, 0.3) is 0 Å². The van der Waals surface area contributed by atoms with Gasteiger partial charge in [-0.3, -0.25) is 9.59 Å². The quantitative estimate of drug-likeness (QED) is 0.118. The Balaban J connectivity index is 2.01. The van der Waals surface area contributed by atoms with Crippen LogP contribution in [-0.4, -0.2) is 24.9 Å². The largest absolute Gasteiger partial charge is 0.352 e. The van der Waals surface area contributed by atoms with E-state index >= 15 is 0 Å². The van der Waals surface area contributed by atoms with Crippen LogP contribution < -0.4 is 10.6 Å². The molecule has 1 aromatic carbocycles. The van der Waals surface area contributed by atoms with Gasteiger partial charge in [-0.15, -0.1) is 0 Å². The van der Waals surface area contributed by atoms with E-state index in [1.807, 2.05) is 0 Å². The van der Waals surface area contributed by atoms with E-state index in [0.29, 0.717) is 11.1 Å². The van der Waals surface area contributed by atoms with E-state index in [4.69, 9.17) is 0 Å². The van der Waals surface area contributed by atoms with Gasteiger partial charge in [0.2, 0.25) is 0 Å². The molecule has 0 radical (unpaired) electrons. The van der Waals surface area contributed by atoms with Gasteiger partial charge in [0.05, 0.1) is 0 Å². The molecule has 0 bridgehead atoms. The number of benzene rings is 1. The van der Waals surface area contributed by atoms with Gasteiger partial charge in [-0.2, -0.15) is 0 Å². The van der Waals surface area contributed by atoms with Crippen molar-refractivity contribution < 1.29 is 9.59 Å². The van der Waals surface area contributed by atoms with Crippen LogP contribution in [0.3, 0.4) is 0 Å². The summed E-state index contributed by atoms with van der Waals surface area (Å²) < 4.78 is 0. The van der Waals surface area contributed by atoms with Gasteiger partial charge < -0.3 is 10.6 Å². The fourth-order valence-corrected chi connectivity index (χ4v) is 4.96. The lowest BCUT2D eigenvalue weighted by Crippen LogP contribution is -2.26. The summed E-state index contributed by atoms with van der Waals surface area (Å²) in [5.74, 6) is -0.102. The van der Waals surface area contributed by atoms with Gasteiger partial charge in [0.15, 0.2) is 0 Å². The van der Waals surface area contributed by atoms with E-state index in [2.05, 4.69) is 24.5 Å². The molecule has 2 N–H and O–H groups in total. The summed E-state index contributed by atoms with van der Waals surface area (Å²) in [4.78, 5) is 24.8. The van der Waals surface area contributed by atoms with Crippen molar-refractivity contribution in [1.29, 1.82) is 0 Å². The summed E-state index contributed by atoms with van der Waals surface area (Å²) in [6.07, 6.45) is 28.7. The smallest absolute Gasteiger partial charge is 0.251 e. The number of carbonyl (C=O) groups is 2. The van der Waals surface area contributed by atoms with Crippen LogP contribution in [0.2, 0.25) is 0 Å². The number of hydrogen-bond acceptors (Lipinski definition) is 2. The van der Waals surface area contributed by atoms with Crippen molar-refractivity contribution in [3.8, 4) is 0 Å². The molecule has 0 aromatic heterocycles. The minimum atomic E-state index is -0.0509. The maximum absolute atomic E-state index is 12.4. The highest BCUT2D eigenvalue weighted by Crippen LogP contribution is 2.12. The Morgan fingerprint density at radius 2 is 0.658 bits per heavy atom. The molecule has 0 aliphatic carbocycles. The van der Waals surface area contributed by atoms with E-state index in [1.165, 1.54) is 128 Å². The molecule has 218 valence electrons. The van der Waals surface area contributed by atoms with Gasteiger partial charge >= 0.3 is 0 Å². The molecule has 0 aliphatic heterocycles. The van der Waals surface area contributed by atoms with Crippen molar-refractivity contribution in [2.75, 3.05) is 13.1 Å². The highest BCUT2D eigenvalue weighted by Gasteiger charge is 2.08. The molecule has 2 amide bonds. The van der Waals surface area contributed by atoms with Gasteiger partial charge in [0.25, 0.3) is 11.8 Å². The Kier molecular flexibility index (Phi) is 22.9. The molecule has 38 heavy (non-hydrogen) atoms. The summed E-state index contributed by atoms with van der Waals surface area (Å²) in [5.41, 5.74) is 1.24. The first-order valence-electron chi connectivity index (χ1n) is 16.4. The van der Waals surface area contributed by atoms with Gasteiger partial charge in [-0.25, -0.2) is 0 Å². The third-order valence-electron chi connectivity index (χ3n) is 7.54. The van der Waals surface area contributed by atoms with E-state index < -0.39 is 0 Å². The number of amides is 2. The number of hydrogen-bond donors (Lipinski definition) is 2. The lowest BCUT2D eigenvalue weighted by atomic mass is 10.1. The third kappa shape index (κ3) is 19.3. The standard InChI is InChI=1S/C34H60N2O2/c1-3-5-7-9-11-13-15-17-19-21-23-29-35-33(37)31-25-27-32(28-26-31)34(38)36-30-24-22-20-18-16-14-12-10-8-6-4-2/h25-28H,3-24,29-30H2,1-2H3,(H,35,37)(H,36,38). The van der Waals surface area contributed by atoms with Crippen molar-refractivity contribution in [3.05, 3.63) is 35.4 Å². The minimum Gasteiger partial charge on any atom is -0.352 e. The van der Waals surface area contributed by atoms with Gasteiger partial charge in [0.1, 0.15) is 0 Å². The summed E-state index contributed by atoms with van der Waals surface area (Å²) in [7, 11) is 0. The molecule has 0 atom stereocenters. The highest BCUT2D eigenvalue weighted by atomic mass is 16.2. The molecule has 0 aliphatic rings. The van der Waals surface area contributed by atoms with Gasteiger partial charge in [-0.1, -0.05) is 142 Å². The normalized spacial score (nSPS) is 11.0. The monoisotopic (exact) mass is 528 g/mol. The Hall–Kier alpha value is -1.84. The molecule has 4 nitrogen and oxygen atoms in total. The molecule has 1 aromatic rings. The zero-order valence-electron chi connectivity index (χ0n) is 25.1. The summed E-state index contributed by atoms with van der Waals surface area (Å²) >= 11 is 0. The van der Waals surface area contributed by atoms with E-state index in [1.54, 1.807) is 24.3 Å². The van der Waals surface area contributed by atoms with E-state index in [9.17, 15) is 9.59 Å². The van der Waals surface area contributed by atoms with Crippen molar-refractivity contribution in [3.63, 3.8) is 0 Å². The van der Waals surface area contributed by atoms with Gasteiger partial charge in [0, 0.05) is 24.2 Å². The average Bonchev–Trinajstić information content (AvgIpc) is 2.94. The van der Waals surface area contributed by atoms with Crippen molar-refractivity contribution in [2.45, 2.75) is 155 Å². The first kappa shape index (κ1) is 34.2. The Morgan fingerprint density at radius 1 is 0.421 bits per heavy atom. The fourth-order valence-electron chi connectivity index (χ4n) is 4.96. The summed E-state index contributed by atoms with van der Waals surface area (Å²) in [6, 6.07) is 7.03. The van der Waals surface area contributed by atoms with Crippen LogP contribution in [0.15, 0.2) is 24.3 Å². The number of rotatable bonds is 26. The van der Waals surface area contributed by atoms with Crippen LogP contribution in [0, 0.1) is 0 Å². The molecule has 0 heterocycles. The van der Waals surface area contributed by atoms with Crippen LogP contribution in [0.4, 0.5) is 0 Å². The lowest BCUT2D eigenvalue weighted by molar-refractivity contribution is 0.0941. The van der Waals surface area contributed by atoms with E-state index in [0.717, 1.165) is 25.9 Å². The Morgan fingerprint density at radius 3 is 0.921 bits per heavy atom. The van der Waals surface area contributed by atoms with Crippen molar-refractivity contribution in [2.24, 2.45) is 0 Å². The van der Waals surface area contributed by atoms with E-state index in [-0.39, 0.29) is 11.8 Å². The molecule has 0 unspecified atom stereocenters. The third-order valence-corrected chi connectivity index (χ3v) is 7.54. The van der Waals surface area contributed by atoms with Crippen molar-refractivity contribution in [1.82, 2.24) is 10.6 Å². The zero-order valence-corrected chi connectivity index (χ0v) is 25.1. The predicted octanol–water partition coefficient (Wildman–Crippen LogP) is 9.77. The van der Waals surface area contributed by atoms with Crippen LogP contribution in [0.5, 0.6) is 0 Å². The Bertz CT molecular complexity index is 627. The molecule has 1 rings (SSSR count). The van der Waals surface area contributed by atoms with Crippen LogP contribution in [-0.2, 0) is 0 Å². The molecule has 0 saturated carbocycles. The lowest BCUT2D eigenvalue weighted by Gasteiger charge is -2.08. The molecule has 0 spiro atoms. The molecule has 0 fully saturated rings. The second-order valence-electron chi connectivity index (χ2n) is 11.2. The SMILES string of the molecule is CCCCCCCCCCCCCNC(=O)c1ccc(C(=O)NCCCCCCCCCCCCC)cc1. The first-order chi connectivity index (χ1) is 18.7. The predicted molar refractivity (Wildman–Crippen MR) is 164 cm³/mol. The number of unbranched alkanes of at least 4 members (excludes halogenated alkanes) is 20. The summed E-state index contributed by atoms with van der Waals surface area (Å²) in [5, 5.41) is 6.03. The molecular formula is C34H60N2O2. The topological polar surface area (TPSA) is 58.2 Å². The molecule has 0 saturated heterocycles. The van der Waals surface area contributed by atoms with Gasteiger partial charge in [-0.05, 0) is 37.1 Å². The fraction of sp³-hybridized carbons (Fsp3) is 0.765. The maximum atomic E-state index is 12.4.